The molecule has 3 saturated heterocycles. The lowest BCUT2D eigenvalue weighted by molar-refractivity contribution is -0.143. The number of hydrogen-bond donors (Lipinski definition) is 1. The summed E-state index contributed by atoms with van der Waals surface area (Å²) < 4.78 is 28.5. The lowest BCUT2D eigenvalue weighted by atomic mass is 9.74. The third-order valence-electron chi connectivity index (χ3n) is 4.86. The SMILES string of the molecule is CC1(C(=O)N2CCC(S(N)(=O)=O)C2)CC2CCC1O2. The van der Waals surface area contributed by atoms with Gasteiger partial charge >= 0.3 is 0 Å². The van der Waals surface area contributed by atoms with Crippen molar-refractivity contribution in [1.82, 2.24) is 4.90 Å². The predicted octanol–water partition coefficient (Wildman–Crippen LogP) is -0.167. The quantitative estimate of drug-likeness (QED) is 0.764. The van der Waals surface area contributed by atoms with Gasteiger partial charge in [-0.25, -0.2) is 13.6 Å². The van der Waals surface area contributed by atoms with E-state index in [1.165, 1.54) is 0 Å². The van der Waals surface area contributed by atoms with Crippen LogP contribution in [0.25, 0.3) is 0 Å². The number of carbonyl (C=O) groups excluding carboxylic acids is 1. The van der Waals surface area contributed by atoms with Gasteiger partial charge in [-0.1, -0.05) is 0 Å². The number of hydrogen-bond acceptors (Lipinski definition) is 4. The summed E-state index contributed by atoms with van der Waals surface area (Å²) >= 11 is 0. The molecule has 3 rings (SSSR count). The Morgan fingerprint density at radius 2 is 2.11 bits per heavy atom. The van der Waals surface area contributed by atoms with Gasteiger partial charge in [0, 0.05) is 13.1 Å². The summed E-state index contributed by atoms with van der Waals surface area (Å²) in [5.41, 5.74) is -0.476. The van der Waals surface area contributed by atoms with Crippen molar-refractivity contribution in [3.63, 3.8) is 0 Å². The number of rotatable bonds is 2. The van der Waals surface area contributed by atoms with Gasteiger partial charge in [-0.05, 0) is 32.6 Å². The number of sulfonamides is 1. The van der Waals surface area contributed by atoms with Gasteiger partial charge in [0.05, 0.1) is 22.9 Å². The smallest absolute Gasteiger partial charge is 0.231 e. The molecule has 3 aliphatic heterocycles. The first-order valence-electron chi connectivity index (χ1n) is 6.77. The van der Waals surface area contributed by atoms with E-state index in [0.29, 0.717) is 13.0 Å². The van der Waals surface area contributed by atoms with Crippen LogP contribution in [0.15, 0.2) is 0 Å². The van der Waals surface area contributed by atoms with Gasteiger partial charge in [0.25, 0.3) is 0 Å². The maximum Gasteiger partial charge on any atom is 0.231 e. The van der Waals surface area contributed by atoms with Crippen LogP contribution in [0.2, 0.25) is 0 Å². The summed E-state index contributed by atoms with van der Waals surface area (Å²) in [6, 6.07) is 0. The van der Waals surface area contributed by atoms with Crippen LogP contribution in [-0.4, -0.2) is 49.8 Å². The van der Waals surface area contributed by atoms with Gasteiger partial charge in [-0.15, -0.1) is 0 Å². The average Bonchev–Trinajstić information content (AvgIpc) is 3.01. The van der Waals surface area contributed by atoms with Crippen molar-refractivity contribution in [3.05, 3.63) is 0 Å². The third-order valence-corrected chi connectivity index (χ3v) is 6.17. The van der Waals surface area contributed by atoms with E-state index >= 15 is 0 Å². The minimum absolute atomic E-state index is 0.00136. The van der Waals surface area contributed by atoms with Crippen molar-refractivity contribution in [2.24, 2.45) is 10.6 Å². The molecule has 19 heavy (non-hydrogen) atoms. The van der Waals surface area contributed by atoms with E-state index in [-0.39, 0.29) is 24.7 Å². The normalized spacial score (nSPS) is 42.0. The van der Waals surface area contributed by atoms with Crippen LogP contribution >= 0.6 is 0 Å². The number of amides is 1. The molecule has 0 saturated carbocycles. The summed E-state index contributed by atoms with van der Waals surface area (Å²) in [5, 5.41) is 4.55. The summed E-state index contributed by atoms with van der Waals surface area (Å²) in [6.07, 6.45) is 3.36. The molecule has 4 atom stereocenters. The summed E-state index contributed by atoms with van der Waals surface area (Å²) in [5.74, 6) is 0.0332. The summed E-state index contributed by atoms with van der Waals surface area (Å²) in [4.78, 5) is 14.3. The second kappa shape index (κ2) is 4.17. The van der Waals surface area contributed by atoms with Crippen LogP contribution in [0, 0.1) is 5.41 Å². The Kier molecular flexibility index (Phi) is 2.92. The summed E-state index contributed by atoms with van der Waals surface area (Å²) in [6.45, 7) is 2.65. The van der Waals surface area contributed by atoms with Gasteiger partial charge in [0.15, 0.2) is 0 Å². The van der Waals surface area contributed by atoms with Gasteiger partial charge in [-0.2, -0.15) is 0 Å². The fourth-order valence-electron chi connectivity index (χ4n) is 3.70. The molecule has 0 aliphatic carbocycles. The highest BCUT2D eigenvalue weighted by Crippen LogP contribution is 2.48. The number of ether oxygens (including phenoxy) is 1. The summed E-state index contributed by atoms with van der Waals surface area (Å²) in [7, 11) is -3.55. The van der Waals surface area contributed by atoms with E-state index in [0.717, 1.165) is 19.3 Å². The number of primary sulfonamides is 1. The minimum Gasteiger partial charge on any atom is -0.374 e. The number of fused-ring (bicyclic) bond motifs is 2. The van der Waals surface area contributed by atoms with Gasteiger partial charge < -0.3 is 9.64 Å². The second-order valence-corrected chi connectivity index (χ2v) is 8.04. The molecular weight excluding hydrogens is 268 g/mol. The van der Waals surface area contributed by atoms with Crippen LogP contribution in [-0.2, 0) is 19.6 Å². The van der Waals surface area contributed by atoms with E-state index in [4.69, 9.17) is 9.88 Å². The standard InChI is InChI=1S/C12H20N2O4S/c1-12(6-8-2-3-10(12)18-8)11(15)14-5-4-9(7-14)19(13,16)17/h8-10H,2-7H2,1H3,(H2,13,16,17). The van der Waals surface area contributed by atoms with E-state index in [9.17, 15) is 13.2 Å². The van der Waals surface area contributed by atoms with Crippen LogP contribution in [0.3, 0.4) is 0 Å². The van der Waals surface area contributed by atoms with Crippen molar-refractivity contribution < 1.29 is 17.9 Å². The fourth-order valence-corrected chi connectivity index (χ4v) is 4.52. The predicted molar refractivity (Wildman–Crippen MR) is 68.7 cm³/mol. The Bertz CT molecular complexity index is 506. The number of likely N-dealkylation sites (tertiary alicyclic amines) is 1. The lowest BCUT2D eigenvalue weighted by Gasteiger charge is -2.33. The van der Waals surface area contributed by atoms with Crippen LogP contribution in [0.1, 0.15) is 32.6 Å². The zero-order valence-electron chi connectivity index (χ0n) is 11.0. The molecular formula is C12H20N2O4S. The third kappa shape index (κ3) is 2.08. The molecule has 2 bridgehead atoms. The van der Waals surface area contributed by atoms with Crippen molar-refractivity contribution in [1.29, 1.82) is 0 Å². The monoisotopic (exact) mass is 288 g/mol. The highest BCUT2D eigenvalue weighted by molar-refractivity contribution is 7.89. The Balaban J connectivity index is 1.72. The zero-order valence-corrected chi connectivity index (χ0v) is 11.9. The van der Waals surface area contributed by atoms with Crippen LogP contribution in [0.4, 0.5) is 0 Å². The average molecular weight is 288 g/mol. The van der Waals surface area contributed by atoms with Crippen molar-refractivity contribution >= 4 is 15.9 Å². The molecule has 0 radical (unpaired) electrons. The lowest BCUT2D eigenvalue weighted by Crippen LogP contribution is -2.47. The van der Waals surface area contributed by atoms with Crippen LogP contribution < -0.4 is 5.14 Å². The van der Waals surface area contributed by atoms with E-state index in [2.05, 4.69) is 0 Å². The first-order valence-corrected chi connectivity index (χ1v) is 8.38. The molecule has 2 N–H and O–H groups in total. The molecule has 3 heterocycles. The van der Waals surface area contributed by atoms with Gasteiger partial charge in [0.1, 0.15) is 0 Å². The van der Waals surface area contributed by atoms with Crippen molar-refractivity contribution in [3.8, 4) is 0 Å². The van der Waals surface area contributed by atoms with E-state index in [1.54, 1.807) is 4.90 Å². The molecule has 108 valence electrons. The number of nitrogens with zero attached hydrogens (tertiary/aromatic N) is 1. The second-order valence-electron chi connectivity index (χ2n) is 6.20. The molecule has 3 aliphatic rings. The zero-order chi connectivity index (χ0) is 13.8. The Hall–Kier alpha value is -0.660. The Labute approximate surface area is 113 Å². The molecule has 7 heteroatoms. The van der Waals surface area contributed by atoms with Gasteiger partial charge in [-0.3, -0.25) is 4.79 Å². The topological polar surface area (TPSA) is 89.7 Å². The molecule has 6 nitrogen and oxygen atoms in total. The fraction of sp³-hybridized carbons (Fsp3) is 0.917. The molecule has 0 aromatic carbocycles. The molecule has 4 unspecified atom stereocenters. The van der Waals surface area contributed by atoms with Crippen LogP contribution in [0.5, 0.6) is 0 Å². The Morgan fingerprint density at radius 3 is 2.58 bits per heavy atom. The largest absolute Gasteiger partial charge is 0.374 e. The first-order chi connectivity index (χ1) is 8.80. The van der Waals surface area contributed by atoms with E-state index in [1.807, 2.05) is 6.92 Å². The molecule has 0 aromatic heterocycles. The highest BCUT2D eigenvalue weighted by Gasteiger charge is 2.55. The molecule has 1 amide bonds. The first kappa shape index (κ1) is 13.3. The molecule has 0 spiro atoms. The number of carbonyl (C=O) groups is 1. The Morgan fingerprint density at radius 1 is 1.37 bits per heavy atom. The maximum atomic E-state index is 12.6. The van der Waals surface area contributed by atoms with E-state index < -0.39 is 20.7 Å². The molecule has 3 fully saturated rings. The highest BCUT2D eigenvalue weighted by atomic mass is 32.2. The maximum absolute atomic E-state index is 12.6. The minimum atomic E-state index is -3.55. The van der Waals surface area contributed by atoms with Crippen molar-refractivity contribution in [2.75, 3.05) is 13.1 Å². The molecule has 0 aromatic rings. The van der Waals surface area contributed by atoms with Gasteiger partial charge in [0.2, 0.25) is 15.9 Å². The number of nitrogens with two attached hydrogens (primary N) is 1. The van der Waals surface area contributed by atoms with Crippen molar-refractivity contribution in [2.45, 2.75) is 50.1 Å².